The first-order valence-corrected chi connectivity index (χ1v) is 7.72. The van der Waals surface area contributed by atoms with Gasteiger partial charge < -0.3 is 10.5 Å². The van der Waals surface area contributed by atoms with Crippen LogP contribution in [0.5, 0.6) is 5.75 Å². The number of aryl methyl sites for hydroxylation is 1. The van der Waals surface area contributed by atoms with E-state index in [0.29, 0.717) is 6.04 Å². The molecule has 0 aromatic heterocycles. The Morgan fingerprint density at radius 1 is 1.37 bits per heavy atom. The summed E-state index contributed by atoms with van der Waals surface area (Å²) in [5, 5.41) is 0. The lowest BCUT2D eigenvalue weighted by Crippen LogP contribution is -2.29. The molecule has 3 unspecified atom stereocenters. The van der Waals surface area contributed by atoms with Gasteiger partial charge in [0.15, 0.2) is 0 Å². The van der Waals surface area contributed by atoms with Crippen LogP contribution in [0.15, 0.2) is 18.2 Å². The van der Waals surface area contributed by atoms with Crippen molar-refractivity contribution in [2.45, 2.75) is 51.5 Å². The average Bonchev–Trinajstić information content (AvgIpc) is 3.03. The molecule has 2 N–H and O–H groups in total. The SMILES string of the molecule is CC1CCC(C(N)CCc2ccc3c(c2)CCO3)C1. The standard InChI is InChI=1S/C17H25NO/c1-12-2-5-14(10-12)16(18)6-3-13-4-7-17-15(11-13)8-9-19-17/h4,7,11-12,14,16H,2-3,5-6,8-10,18H2,1H3. The van der Waals surface area contributed by atoms with Crippen LogP contribution in [0.1, 0.15) is 43.7 Å². The molecule has 1 aromatic carbocycles. The molecule has 0 spiro atoms. The summed E-state index contributed by atoms with van der Waals surface area (Å²) in [7, 11) is 0. The highest BCUT2D eigenvalue weighted by Gasteiger charge is 2.26. The van der Waals surface area contributed by atoms with Gasteiger partial charge in [-0.3, -0.25) is 0 Å². The van der Waals surface area contributed by atoms with Gasteiger partial charge in [0.25, 0.3) is 0 Å². The maximum Gasteiger partial charge on any atom is 0.122 e. The van der Waals surface area contributed by atoms with Crippen molar-refractivity contribution in [3.05, 3.63) is 29.3 Å². The molecule has 0 amide bonds. The first-order valence-electron chi connectivity index (χ1n) is 7.72. The van der Waals surface area contributed by atoms with Crippen LogP contribution in [0, 0.1) is 11.8 Å². The van der Waals surface area contributed by atoms with Crippen LogP contribution in [0.2, 0.25) is 0 Å². The Bertz CT molecular complexity index is 443. The van der Waals surface area contributed by atoms with E-state index in [1.54, 1.807) is 0 Å². The van der Waals surface area contributed by atoms with Crippen LogP contribution in [-0.2, 0) is 12.8 Å². The number of fused-ring (bicyclic) bond motifs is 1. The van der Waals surface area contributed by atoms with E-state index < -0.39 is 0 Å². The van der Waals surface area contributed by atoms with Crippen molar-refractivity contribution in [3.8, 4) is 5.75 Å². The van der Waals surface area contributed by atoms with Gasteiger partial charge in [0.1, 0.15) is 5.75 Å². The lowest BCUT2D eigenvalue weighted by atomic mass is 9.92. The fourth-order valence-electron chi connectivity index (χ4n) is 3.60. The maximum absolute atomic E-state index is 6.38. The Balaban J connectivity index is 1.54. The lowest BCUT2D eigenvalue weighted by Gasteiger charge is -2.19. The van der Waals surface area contributed by atoms with Crippen LogP contribution in [0.4, 0.5) is 0 Å². The van der Waals surface area contributed by atoms with Gasteiger partial charge >= 0.3 is 0 Å². The summed E-state index contributed by atoms with van der Waals surface area (Å²) in [6, 6.07) is 7.02. The van der Waals surface area contributed by atoms with E-state index in [0.717, 1.165) is 43.5 Å². The Morgan fingerprint density at radius 3 is 3.05 bits per heavy atom. The molecular weight excluding hydrogens is 234 g/mol. The van der Waals surface area contributed by atoms with E-state index in [1.165, 1.54) is 30.4 Å². The van der Waals surface area contributed by atoms with Gasteiger partial charge in [-0.25, -0.2) is 0 Å². The molecule has 3 rings (SSSR count). The molecule has 1 heterocycles. The average molecular weight is 259 g/mol. The molecular formula is C17H25NO. The molecule has 104 valence electrons. The van der Waals surface area contributed by atoms with Crippen molar-refractivity contribution in [1.82, 2.24) is 0 Å². The zero-order valence-electron chi connectivity index (χ0n) is 11.9. The molecule has 1 aliphatic heterocycles. The van der Waals surface area contributed by atoms with Crippen LogP contribution in [-0.4, -0.2) is 12.6 Å². The second kappa shape index (κ2) is 5.54. The summed E-state index contributed by atoms with van der Waals surface area (Å²) in [5.41, 5.74) is 9.17. The van der Waals surface area contributed by atoms with Crippen molar-refractivity contribution in [1.29, 1.82) is 0 Å². The van der Waals surface area contributed by atoms with Crippen LogP contribution in [0.25, 0.3) is 0 Å². The number of hydrogen-bond donors (Lipinski definition) is 1. The van der Waals surface area contributed by atoms with Gasteiger partial charge in [0.2, 0.25) is 0 Å². The maximum atomic E-state index is 6.38. The molecule has 1 aliphatic carbocycles. The Labute approximate surface area is 116 Å². The highest BCUT2D eigenvalue weighted by Crippen LogP contribution is 2.33. The molecule has 3 atom stereocenters. The second-order valence-corrected chi connectivity index (χ2v) is 6.42. The lowest BCUT2D eigenvalue weighted by molar-refractivity contribution is 0.356. The summed E-state index contributed by atoms with van der Waals surface area (Å²) in [6.07, 6.45) is 7.33. The molecule has 0 radical (unpaired) electrons. The largest absolute Gasteiger partial charge is 0.493 e. The van der Waals surface area contributed by atoms with Gasteiger partial charge in [-0.2, -0.15) is 0 Å². The zero-order valence-corrected chi connectivity index (χ0v) is 11.9. The first-order chi connectivity index (χ1) is 9.22. The van der Waals surface area contributed by atoms with E-state index in [2.05, 4.69) is 25.1 Å². The third-order valence-electron chi connectivity index (χ3n) is 4.86. The van der Waals surface area contributed by atoms with E-state index in [-0.39, 0.29) is 0 Å². The molecule has 0 bridgehead atoms. The minimum absolute atomic E-state index is 0.384. The molecule has 2 heteroatoms. The van der Waals surface area contributed by atoms with E-state index in [4.69, 9.17) is 10.5 Å². The number of ether oxygens (including phenoxy) is 1. The molecule has 1 aromatic rings. The van der Waals surface area contributed by atoms with Gasteiger partial charge in [0, 0.05) is 12.5 Å². The predicted octanol–water partition coefficient (Wildman–Crippen LogP) is 3.32. The summed E-state index contributed by atoms with van der Waals surface area (Å²) in [6.45, 7) is 3.20. The fraction of sp³-hybridized carbons (Fsp3) is 0.647. The predicted molar refractivity (Wildman–Crippen MR) is 78.4 cm³/mol. The number of rotatable bonds is 4. The molecule has 19 heavy (non-hydrogen) atoms. The van der Waals surface area contributed by atoms with Crippen molar-refractivity contribution in [2.75, 3.05) is 6.61 Å². The van der Waals surface area contributed by atoms with Crippen LogP contribution < -0.4 is 10.5 Å². The Hall–Kier alpha value is -1.02. The number of benzene rings is 1. The number of hydrogen-bond acceptors (Lipinski definition) is 2. The fourth-order valence-corrected chi connectivity index (χ4v) is 3.60. The Kier molecular flexibility index (Phi) is 3.79. The quantitative estimate of drug-likeness (QED) is 0.900. The zero-order chi connectivity index (χ0) is 13.2. The molecule has 1 saturated carbocycles. The first kappa shape index (κ1) is 13.0. The molecule has 2 nitrogen and oxygen atoms in total. The van der Waals surface area contributed by atoms with Gasteiger partial charge in [-0.05, 0) is 54.7 Å². The van der Waals surface area contributed by atoms with Crippen molar-refractivity contribution in [2.24, 2.45) is 17.6 Å². The highest BCUT2D eigenvalue weighted by molar-refractivity contribution is 5.39. The monoisotopic (exact) mass is 259 g/mol. The minimum atomic E-state index is 0.384. The van der Waals surface area contributed by atoms with E-state index >= 15 is 0 Å². The van der Waals surface area contributed by atoms with Crippen LogP contribution >= 0.6 is 0 Å². The molecule has 0 saturated heterocycles. The summed E-state index contributed by atoms with van der Waals surface area (Å²) >= 11 is 0. The topological polar surface area (TPSA) is 35.2 Å². The smallest absolute Gasteiger partial charge is 0.122 e. The van der Waals surface area contributed by atoms with Gasteiger partial charge in [0.05, 0.1) is 6.61 Å². The van der Waals surface area contributed by atoms with Gasteiger partial charge in [-0.15, -0.1) is 0 Å². The normalized spacial score (nSPS) is 27.1. The Morgan fingerprint density at radius 2 is 2.26 bits per heavy atom. The third kappa shape index (κ3) is 2.94. The highest BCUT2D eigenvalue weighted by atomic mass is 16.5. The summed E-state index contributed by atoms with van der Waals surface area (Å²) < 4.78 is 5.55. The second-order valence-electron chi connectivity index (χ2n) is 6.42. The van der Waals surface area contributed by atoms with Crippen LogP contribution in [0.3, 0.4) is 0 Å². The molecule has 1 fully saturated rings. The van der Waals surface area contributed by atoms with Crippen molar-refractivity contribution < 1.29 is 4.74 Å². The number of nitrogens with two attached hydrogens (primary N) is 1. The van der Waals surface area contributed by atoms with Crippen molar-refractivity contribution in [3.63, 3.8) is 0 Å². The minimum Gasteiger partial charge on any atom is -0.493 e. The third-order valence-corrected chi connectivity index (χ3v) is 4.86. The summed E-state index contributed by atoms with van der Waals surface area (Å²) in [5.74, 6) is 2.72. The van der Waals surface area contributed by atoms with Crippen molar-refractivity contribution >= 4 is 0 Å². The van der Waals surface area contributed by atoms with E-state index in [1.807, 2.05) is 0 Å². The summed E-state index contributed by atoms with van der Waals surface area (Å²) in [4.78, 5) is 0. The van der Waals surface area contributed by atoms with E-state index in [9.17, 15) is 0 Å². The van der Waals surface area contributed by atoms with Gasteiger partial charge in [-0.1, -0.05) is 25.5 Å². The molecule has 2 aliphatic rings.